The molecule has 2 aromatic carbocycles. The second-order valence-electron chi connectivity index (χ2n) is 4.99. The number of methoxy groups -OCH3 is 2. The Bertz CT molecular complexity index is 828. The van der Waals surface area contributed by atoms with Crippen LogP contribution in [0.15, 0.2) is 46.9 Å². The number of ketones is 1. The van der Waals surface area contributed by atoms with E-state index < -0.39 is 0 Å². The fourth-order valence-corrected chi connectivity index (χ4v) is 2.40. The van der Waals surface area contributed by atoms with Crippen LogP contribution in [0.5, 0.6) is 11.5 Å². The van der Waals surface area contributed by atoms with Crippen LogP contribution in [0.25, 0.3) is 22.3 Å². The first-order chi connectivity index (χ1) is 10.6. The van der Waals surface area contributed by atoms with Gasteiger partial charge in [0.25, 0.3) is 0 Å². The van der Waals surface area contributed by atoms with E-state index in [1.165, 1.54) is 6.92 Å². The Morgan fingerprint density at radius 2 is 1.64 bits per heavy atom. The summed E-state index contributed by atoms with van der Waals surface area (Å²) in [6, 6.07) is 13.0. The van der Waals surface area contributed by atoms with Crippen molar-refractivity contribution in [3.63, 3.8) is 0 Å². The van der Waals surface area contributed by atoms with E-state index in [0.29, 0.717) is 22.7 Å². The van der Waals surface area contributed by atoms with Crippen LogP contribution in [-0.4, -0.2) is 20.0 Å². The van der Waals surface area contributed by atoms with Crippen molar-refractivity contribution in [1.82, 2.24) is 0 Å². The maximum absolute atomic E-state index is 11.8. The van der Waals surface area contributed by atoms with Gasteiger partial charge in [-0.3, -0.25) is 4.79 Å². The summed E-state index contributed by atoms with van der Waals surface area (Å²) in [5.74, 6) is 2.07. The fourth-order valence-electron chi connectivity index (χ4n) is 2.40. The smallest absolute Gasteiger partial charge is 0.163 e. The van der Waals surface area contributed by atoms with Gasteiger partial charge in [0.15, 0.2) is 5.78 Å². The number of hydrogen-bond donors (Lipinski definition) is 0. The number of fused-ring (bicyclic) bond motifs is 1. The summed E-state index contributed by atoms with van der Waals surface area (Å²) in [5, 5.41) is 0.843. The molecule has 0 radical (unpaired) electrons. The molecule has 22 heavy (non-hydrogen) atoms. The van der Waals surface area contributed by atoms with Gasteiger partial charge in [-0.1, -0.05) is 0 Å². The van der Waals surface area contributed by atoms with Crippen LogP contribution in [0.1, 0.15) is 17.3 Å². The lowest BCUT2D eigenvalue weighted by atomic mass is 10.1. The van der Waals surface area contributed by atoms with E-state index in [2.05, 4.69) is 0 Å². The molecule has 0 N–H and O–H groups in total. The maximum atomic E-state index is 11.8. The number of ether oxygens (including phenoxy) is 2. The highest BCUT2D eigenvalue weighted by molar-refractivity contribution is 6.06. The molecule has 3 aromatic rings. The van der Waals surface area contributed by atoms with Gasteiger partial charge < -0.3 is 13.9 Å². The summed E-state index contributed by atoms with van der Waals surface area (Å²) in [6.07, 6.45) is 0. The van der Waals surface area contributed by atoms with Gasteiger partial charge in [0, 0.05) is 10.9 Å². The molecule has 112 valence electrons. The van der Waals surface area contributed by atoms with Crippen LogP contribution in [-0.2, 0) is 0 Å². The van der Waals surface area contributed by atoms with Gasteiger partial charge in [-0.15, -0.1) is 0 Å². The van der Waals surface area contributed by atoms with Crippen LogP contribution >= 0.6 is 0 Å². The first-order valence-corrected chi connectivity index (χ1v) is 6.89. The lowest BCUT2D eigenvalue weighted by Gasteiger charge is -2.03. The molecule has 0 aliphatic carbocycles. The minimum atomic E-state index is -0.0560. The van der Waals surface area contributed by atoms with Gasteiger partial charge in [0.2, 0.25) is 0 Å². The van der Waals surface area contributed by atoms with Gasteiger partial charge in [0.1, 0.15) is 22.8 Å². The molecule has 4 nitrogen and oxygen atoms in total. The summed E-state index contributed by atoms with van der Waals surface area (Å²) in [4.78, 5) is 11.8. The van der Waals surface area contributed by atoms with Crippen molar-refractivity contribution in [2.24, 2.45) is 0 Å². The van der Waals surface area contributed by atoms with Crippen LogP contribution in [0.3, 0.4) is 0 Å². The van der Waals surface area contributed by atoms with Gasteiger partial charge in [-0.25, -0.2) is 0 Å². The van der Waals surface area contributed by atoms with Crippen LogP contribution in [0.4, 0.5) is 0 Å². The van der Waals surface area contributed by atoms with E-state index in [0.717, 1.165) is 16.7 Å². The summed E-state index contributed by atoms with van der Waals surface area (Å²) < 4.78 is 16.3. The minimum absolute atomic E-state index is 0.0560. The molecule has 0 saturated carbocycles. The van der Waals surface area contributed by atoms with E-state index >= 15 is 0 Å². The Morgan fingerprint density at radius 1 is 0.955 bits per heavy atom. The molecule has 1 aromatic heterocycles. The molecule has 0 unspecified atom stereocenters. The van der Waals surface area contributed by atoms with Crippen molar-refractivity contribution in [3.8, 4) is 22.8 Å². The standard InChI is InChI=1S/C18H16O4/c1-11(19)16-10-15(21-3)8-13-9-17(22-18(13)16)12-4-6-14(20-2)7-5-12/h4-10H,1-3H3. The number of hydrogen-bond acceptors (Lipinski definition) is 4. The molecule has 0 bridgehead atoms. The second-order valence-corrected chi connectivity index (χ2v) is 4.99. The largest absolute Gasteiger partial charge is 0.497 e. The number of carbonyl (C=O) groups is 1. The predicted molar refractivity (Wildman–Crippen MR) is 84.8 cm³/mol. The molecule has 4 heteroatoms. The zero-order valence-corrected chi connectivity index (χ0v) is 12.7. The van der Waals surface area contributed by atoms with Crippen molar-refractivity contribution >= 4 is 16.8 Å². The van der Waals surface area contributed by atoms with Crippen LogP contribution in [0, 0.1) is 0 Å². The third-order valence-electron chi connectivity index (χ3n) is 3.58. The Kier molecular flexibility index (Phi) is 3.59. The number of benzene rings is 2. The van der Waals surface area contributed by atoms with Crippen molar-refractivity contribution in [2.75, 3.05) is 14.2 Å². The first kappa shape index (κ1) is 14.2. The molecular formula is C18H16O4. The molecule has 0 fully saturated rings. The molecule has 0 spiro atoms. The lowest BCUT2D eigenvalue weighted by Crippen LogP contribution is -1.94. The van der Waals surface area contributed by atoms with Crippen molar-refractivity contribution in [2.45, 2.75) is 6.92 Å². The maximum Gasteiger partial charge on any atom is 0.163 e. The van der Waals surface area contributed by atoms with Crippen molar-refractivity contribution < 1.29 is 18.7 Å². The molecule has 0 saturated heterocycles. The Morgan fingerprint density at radius 3 is 2.23 bits per heavy atom. The SMILES string of the molecule is COc1ccc(-c2cc3cc(OC)cc(C(C)=O)c3o2)cc1. The number of furan rings is 1. The number of Topliss-reactive ketones (excluding diaryl/α,β-unsaturated/α-hetero) is 1. The van der Waals surface area contributed by atoms with Gasteiger partial charge >= 0.3 is 0 Å². The Hall–Kier alpha value is -2.75. The van der Waals surface area contributed by atoms with E-state index in [1.807, 2.05) is 36.4 Å². The molecule has 0 amide bonds. The molecule has 3 rings (SSSR count). The minimum Gasteiger partial charge on any atom is -0.497 e. The van der Waals surface area contributed by atoms with E-state index in [1.54, 1.807) is 20.3 Å². The van der Waals surface area contributed by atoms with Crippen LogP contribution in [0.2, 0.25) is 0 Å². The Labute approximate surface area is 128 Å². The normalized spacial score (nSPS) is 10.7. The Balaban J connectivity index is 2.15. The first-order valence-electron chi connectivity index (χ1n) is 6.89. The summed E-state index contributed by atoms with van der Waals surface area (Å²) in [6.45, 7) is 1.52. The third kappa shape index (κ3) is 2.44. The molecule has 0 aliphatic heterocycles. The van der Waals surface area contributed by atoms with E-state index in [4.69, 9.17) is 13.9 Å². The van der Waals surface area contributed by atoms with Crippen LogP contribution < -0.4 is 9.47 Å². The summed E-state index contributed by atoms with van der Waals surface area (Å²) in [5.41, 5.74) is 2.03. The lowest BCUT2D eigenvalue weighted by molar-refractivity contribution is 0.101. The second kappa shape index (κ2) is 5.56. The average Bonchev–Trinajstić information content (AvgIpc) is 2.97. The topological polar surface area (TPSA) is 48.7 Å². The number of rotatable bonds is 4. The fraction of sp³-hybridized carbons (Fsp3) is 0.167. The van der Waals surface area contributed by atoms with Crippen molar-refractivity contribution in [3.05, 3.63) is 48.0 Å². The highest BCUT2D eigenvalue weighted by Gasteiger charge is 2.15. The van der Waals surface area contributed by atoms with Gasteiger partial charge in [0.05, 0.1) is 19.8 Å². The van der Waals surface area contributed by atoms with Gasteiger partial charge in [-0.2, -0.15) is 0 Å². The molecule has 0 atom stereocenters. The van der Waals surface area contributed by atoms with Crippen molar-refractivity contribution in [1.29, 1.82) is 0 Å². The van der Waals surface area contributed by atoms with E-state index in [-0.39, 0.29) is 5.78 Å². The average molecular weight is 296 g/mol. The zero-order chi connectivity index (χ0) is 15.7. The number of carbonyl (C=O) groups excluding carboxylic acids is 1. The van der Waals surface area contributed by atoms with E-state index in [9.17, 15) is 4.79 Å². The highest BCUT2D eigenvalue weighted by atomic mass is 16.5. The molecular weight excluding hydrogens is 280 g/mol. The summed E-state index contributed by atoms with van der Waals surface area (Å²) >= 11 is 0. The zero-order valence-electron chi connectivity index (χ0n) is 12.7. The summed E-state index contributed by atoms with van der Waals surface area (Å²) in [7, 11) is 3.21. The third-order valence-corrected chi connectivity index (χ3v) is 3.58. The molecule has 1 heterocycles. The monoisotopic (exact) mass is 296 g/mol. The predicted octanol–water partition coefficient (Wildman–Crippen LogP) is 4.32. The van der Waals surface area contributed by atoms with Gasteiger partial charge in [-0.05, 0) is 49.4 Å². The highest BCUT2D eigenvalue weighted by Crippen LogP contribution is 2.33. The quantitative estimate of drug-likeness (QED) is 0.673. The molecule has 0 aliphatic rings.